The monoisotopic (exact) mass is 462 g/mol. The van der Waals surface area contributed by atoms with Crippen LogP contribution in [0, 0.1) is 0 Å². The van der Waals surface area contributed by atoms with Gasteiger partial charge in [-0.1, -0.05) is 13.3 Å². The van der Waals surface area contributed by atoms with Gasteiger partial charge in [0.1, 0.15) is 24.1 Å². The summed E-state index contributed by atoms with van der Waals surface area (Å²) in [5.41, 5.74) is 0. The molecule has 178 valence electrons. The van der Waals surface area contributed by atoms with Crippen LogP contribution in [0.15, 0.2) is 24.3 Å². The van der Waals surface area contributed by atoms with Gasteiger partial charge in [-0.15, -0.1) is 0 Å². The molecule has 0 aliphatic carbocycles. The molecule has 9 nitrogen and oxygen atoms in total. The Hall–Kier alpha value is -1.64. The second kappa shape index (κ2) is 13.7. The Morgan fingerprint density at radius 1 is 1.00 bits per heavy atom. The van der Waals surface area contributed by atoms with Crippen LogP contribution in [0.25, 0.3) is 0 Å². The van der Waals surface area contributed by atoms with Crippen molar-refractivity contribution in [3.63, 3.8) is 0 Å². The highest BCUT2D eigenvalue weighted by atomic mass is 31.2. The van der Waals surface area contributed by atoms with Crippen molar-refractivity contribution in [1.29, 1.82) is 0 Å². The van der Waals surface area contributed by atoms with E-state index < -0.39 is 19.9 Å². The molecule has 10 heteroatoms. The lowest BCUT2D eigenvalue weighted by Gasteiger charge is -2.29. The molecule has 2 unspecified atom stereocenters. The van der Waals surface area contributed by atoms with Gasteiger partial charge in [-0.2, -0.15) is 0 Å². The Morgan fingerprint density at radius 2 is 1.52 bits per heavy atom. The van der Waals surface area contributed by atoms with Gasteiger partial charge in [-0.05, 0) is 43.5 Å². The first kappa shape index (κ1) is 27.4. The first-order valence-electron chi connectivity index (χ1n) is 10.5. The van der Waals surface area contributed by atoms with Crippen LogP contribution in [-0.2, 0) is 18.4 Å². The Kier molecular flexibility index (Phi) is 12.1. The molecule has 0 heterocycles. The molecule has 0 aromatic heterocycles. The summed E-state index contributed by atoms with van der Waals surface area (Å²) in [5, 5.41) is 8.99. The molecule has 0 aliphatic rings. The van der Waals surface area contributed by atoms with E-state index in [1.54, 1.807) is 0 Å². The number of benzene rings is 1. The normalized spacial score (nSPS) is 14.6. The maximum absolute atomic E-state index is 12.1. The molecule has 2 atom stereocenters. The number of rotatable bonds is 17. The number of likely N-dealkylation sites (N-methyl/N-ethyl adjacent to an activating group) is 1. The first-order chi connectivity index (χ1) is 14.5. The minimum absolute atomic E-state index is 0.00547. The van der Waals surface area contributed by atoms with Gasteiger partial charge in [0.05, 0.1) is 47.4 Å². The Balaban J connectivity index is 2.29. The topological polar surface area (TPSA) is 112 Å². The van der Waals surface area contributed by atoms with Crippen LogP contribution < -0.4 is 9.47 Å². The van der Waals surface area contributed by atoms with E-state index in [1.165, 1.54) is 0 Å². The molecule has 2 N–H and O–H groups in total. The highest BCUT2D eigenvalue weighted by Gasteiger charge is 2.31. The lowest BCUT2D eigenvalue weighted by atomic mass is 10.2. The number of phosphoric ester groups is 1. The van der Waals surface area contributed by atoms with Crippen molar-refractivity contribution >= 4 is 13.8 Å². The lowest BCUT2D eigenvalue weighted by molar-refractivity contribution is -0.873. The summed E-state index contributed by atoms with van der Waals surface area (Å²) in [6.07, 6.45) is 1.91. The summed E-state index contributed by atoms with van der Waals surface area (Å²) >= 11 is 0. The van der Waals surface area contributed by atoms with Crippen LogP contribution in [-0.4, -0.2) is 74.1 Å². The number of hydrogen-bond acceptors (Lipinski definition) is 6. The molecule has 0 radical (unpaired) electrons. The van der Waals surface area contributed by atoms with E-state index in [0.717, 1.165) is 24.3 Å². The summed E-state index contributed by atoms with van der Waals surface area (Å²) in [4.78, 5) is 20.9. The number of quaternary nitrogens is 1. The highest BCUT2D eigenvalue weighted by Crippen LogP contribution is 2.45. The maximum atomic E-state index is 12.1. The molecule has 0 saturated heterocycles. The molecule has 1 rings (SSSR count). The molecule has 0 aliphatic heterocycles. The number of carboxylic acid groups (broad SMARTS) is 1. The number of unbranched alkanes of at least 4 members (excludes halogenated alkanes) is 2. The largest absolute Gasteiger partial charge is 0.494 e. The third-order valence-electron chi connectivity index (χ3n) is 4.09. The number of hydrogen-bond donors (Lipinski definition) is 2. The third kappa shape index (κ3) is 14.1. The van der Waals surface area contributed by atoms with Gasteiger partial charge in [0.2, 0.25) is 0 Å². The van der Waals surface area contributed by atoms with E-state index in [1.807, 2.05) is 45.4 Å². The fourth-order valence-electron chi connectivity index (χ4n) is 2.70. The zero-order chi connectivity index (χ0) is 23.3. The van der Waals surface area contributed by atoms with Crippen LogP contribution in [0.4, 0.5) is 0 Å². The molecule has 1 aromatic rings. The Labute approximate surface area is 185 Å². The number of carbonyl (C=O) groups is 1. The van der Waals surface area contributed by atoms with Gasteiger partial charge in [0.25, 0.3) is 0 Å². The predicted molar refractivity (Wildman–Crippen MR) is 117 cm³/mol. The molecule has 0 saturated carbocycles. The van der Waals surface area contributed by atoms with E-state index in [4.69, 9.17) is 23.6 Å². The van der Waals surface area contributed by atoms with Crippen molar-refractivity contribution < 1.29 is 42.4 Å². The number of nitrogens with zero attached hydrogens (tertiary/aromatic N) is 1. The van der Waals surface area contributed by atoms with Crippen LogP contribution in [0.5, 0.6) is 11.5 Å². The third-order valence-corrected chi connectivity index (χ3v) is 5.16. The second-order valence-corrected chi connectivity index (χ2v) is 9.74. The first-order valence-corrected chi connectivity index (χ1v) is 12.0. The zero-order valence-electron chi connectivity index (χ0n) is 19.0. The van der Waals surface area contributed by atoms with Gasteiger partial charge in [0.15, 0.2) is 0 Å². The fraction of sp³-hybridized carbons (Fsp3) is 0.667. The van der Waals surface area contributed by atoms with Crippen molar-refractivity contribution in [2.24, 2.45) is 0 Å². The summed E-state index contributed by atoms with van der Waals surface area (Å²) < 4.78 is 33.9. The second-order valence-electron chi connectivity index (χ2n) is 8.33. The number of carboxylic acids is 1. The van der Waals surface area contributed by atoms with Gasteiger partial charge >= 0.3 is 13.8 Å². The summed E-state index contributed by atoms with van der Waals surface area (Å²) in [7, 11) is 1.18. The number of phosphoric acid groups is 1. The van der Waals surface area contributed by atoms with Crippen LogP contribution in [0.2, 0.25) is 0 Å². The minimum Gasteiger partial charge on any atom is -0.494 e. The molecule has 0 amide bonds. The van der Waals surface area contributed by atoms with Crippen molar-refractivity contribution in [1.82, 2.24) is 0 Å². The van der Waals surface area contributed by atoms with Crippen LogP contribution in [0.1, 0.15) is 39.0 Å². The van der Waals surface area contributed by atoms with E-state index in [2.05, 4.69) is 6.92 Å². The average molecular weight is 463 g/mol. The standard InChI is InChI=1S/C21H36NO8P/c1-5-6-13-27-18-9-11-19(12-10-18)28-14-7-8-15-29-31(25,26)30-20(16-21(23)24)17-22(2,3)4/h9-12,20H,5-8,13-17H2,1-4H3,(H-,23,24,25,26)/p+1. The van der Waals surface area contributed by atoms with Crippen molar-refractivity contribution in [2.75, 3.05) is 47.5 Å². The Bertz CT molecular complexity index is 690. The van der Waals surface area contributed by atoms with Crippen molar-refractivity contribution in [3.05, 3.63) is 24.3 Å². The highest BCUT2D eigenvalue weighted by molar-refractivity contribution is 7.47. The van der Waals surface area contributed by atoms with E-state index in [-0.39, 0.29) is 19.6 Å². The minimum atomic E-state index is -4.34. The molecular weight excluding hydrogens is 425 g/mol. The smallest absolute Gasteiger partial charge is 0.472 e. The zero-order valence-corrected chi connectivity index (χ0v) is 19.9. The molecule has 0 spiro atoms. The molecular formula is C21H37NO8P+. The average Bonchev–Trinajstić information content (AvgIpc) is 2.63. The molecule has 31 heavy (non-hydrogen) atoms. The van der Waals surface area contributed by atoms with Gasteiger partial charge < -0.3 is 24.0 Å². The SMILES string of the molecule is CCCCOc1ccc(OCCCCOP(=O)(O)OC(CC(=O)O)C[N+](C)(C)C)cc1. The van der Waals surface area contributed by atoms with Crippen LogP contribution in [0.3, 0.4) is 0 Å². The predicted octanol–water partition coefficient (Wildman–Crippen LogP) is 3.71. The molecule has 0 bridgehead atoms. The summed E-state index contributed by atoms with van der Waals surface area (Å²) in [5.74, 6) is 0.423. The van der Waals surface area contributed by atoms with E-state index in [9.17, 15) is 14.3 Å². The van der Waals surface area contributed by atoms with E-state index in [0.29, 0.717) is 30.5 Å². The summed E-state index contributed by atoms with van der Waals surface area (Å²) in [6.45, 7) is 3.50. The van der Waals surface area contributed by atoms with Gasteiger partial charge in [-0.25, -0.2) is 4.57 Å². The Morgan fingerprint density at radius 3 is 2.00 bits per heavy atom. The molecule has 0 fully saturated rings. The molecule has 1 aromatic carbocycles. The van der Waals surface area contributed by atoms with Crippen LogP contribution >= 0.6 is 7.82 Å². The van der Waals surface area contributed by atoms with Gasteiger partial charge in [0, 0.05) is 0 Å². The summed E-state index contributed by atoms with van der Waals surface area (Å²) in [6, 6.07) is 7.39. The van der Waals surface area contributed by atoms with Gasteiger partial charge in [-0.3, -0.25) is 13.8 Å². The quantitative estimate of drug-likeness (QED) is 0.205. The van der Waals surface area contributed by atoms with Crippen molar-refractivity contribution in [3.8, 4) is 11.5 Å². The lowest BCUT2D eigenvalue weighted by Crippen LogP contribution is -2.42. The van der Waals surface area contributed by atoms with E-state index >= 15 is 0 Å². The number of aliphatic carboxylic acids is 1. The number of ether oxygens (including phenoxy) is 2. The fourth-order valence-corrected chi connectivity index (χ4v) is 3.64. The maximum Gasteiger partial charge on any atom is 0.472 e. The van der Waals surface area contributed by atoms with Crippen molar-refractivity contribution in [2.45, 2.75) is 45.1 Å².